The van der Waals surface area contributed by atoms with Crippen molar-refractivity contribution >= 4 is 28.8 Å². The van der Waals surface area contributed by atoms with Crippen molar-refractivity contribution in [3.63, 3.8) is 0 Å². The maximum atomic E-state index is 12.9. The number of halogens is 4. The van der Waals surface area contributed by atoms with Crippen molar-refractivity contribution in [2.75, 3.05) is 19.5 Å². The Hall–Kier alpha value is -2.67. The number of rotatable bonds is 5. The van der Waals surface area contributed by atoms with Gasteiger partial charge in [0.05, 0.1) is 24.8 Å². The van der Waals surface area contributed by atoms with Crippen LogP contribution in [0.4, 0.5) is 18.9 Å². The van der Waals surface area contributed by atoms with Gasteiger partial charge < -0.3 is 14.8 Å². The summed E-state index contributed by atoms with van der Waals surface area (Å²) in [5.74, 6) is 0.510. The molecule has 0 aliphatic carbocycles. The number of methoxy groups -OCH3 is 2. The lowest BCUT2D eigenvalue weighted by Crippen LogP contribution is -2.11. The van der Waals surface area contributed by atoms with Crippen molar-refractivity contribution in [3.8, 4) is 11.5 Å². The third-order valence-electron chi connectivity index (χ3n) is 3.72. The van der Waals surface area contributed by atoms with E-state index >= 15 is 0 Å². The molecule has 0 fully saturated rings. The summed E-state index contributed by atoms with van der Waals surface area (Å²) < 4.78 is 49.1. The fourth-order valence-corrected chi connectivity index (χ4v) is 2.62. The van der Waals surface area contributed by atoms with E-state index in [2.05, 4.69) is 5.32 Å². The summed E-state index contributed by atoms with van der Waals surface area (Å²) >= 11 is 5.57. The molecule has 8 heteroatoms. The highest BCUT2D eigenvalue weighted by Gasteiger charge is 2.33. The molecule has 1 amide bonds. The molecule has 0 aromatic heterocycles. The predicted octanol–water partition coefficient (Wildman–Crippen LogP) is 5.42. The number of carbonyl (C=O) groups is 1. The Balaban J connectivity index is 2.24. The molecule has 0 aliphatic rings. The normalized spacial score (nSPS) is 11.9. The van der Waals surface area contributed by atoms with Crippen LogP contribution in [0.1, 0.15) is 18.1 Å². The standard InChI is InChI=1S/C19H17ClF3NO3/c1-11(14-6-5-13(26-2)10-17(14)27-3)8-18(25)24-12-4-7-16(20)15(9-12)19(21,22)23/h4-10H,1-3H3,(H,24,25)/b11-8+. The molecule has 2 rings (SSSR count). The summed E-state index contributed by atoms with van der Waals surface area (Å²) in [6, 6.07) is 8.27. The summed E-state index contributed by atoms with van der Waals surface area (Å²) in [5, 5.41) is 1.97. The number of allylic oxidation sites excluding steroid dienone is 1. The van der Waals surface area contributed by atoms with Crippen LogP contribution < -0.4 is 14.8 Å². The summed E-state index contributed by atoms with van der Waals surface area (Å²) in [6.45, 7) is 1.69. The molecule has 0 radical (unpaired) electrons. The highest BCUT2D eigenvalue weighted by Crippen LogP contribution is 2.36. The molecule has 1 N–H and O–H groups in total. The van der Waals surface area contributed by atoms with E-state index in [1.54, 1.807) is 25.1 Å². The molecule has 2 aromatic carbocycles. The first-order valence-corrected chi connectivity index (χ1v) is 8.12. The van der Waals surface area contributed by atoms with E-state index in [0.717, 1.165) is 12.1 Å². The zero-order valence-corrected chi connectivity index (χ0v) is 15.5. The van der Waals surface area contributed by atoms with Gasteiger partial charge in [0.2, 0.25) is 5.91 Å². The number of hydrogen-bond acceptors (Lipinski definition) is 3. The summed E-state index contributed by atoms with van der Waals surface area (Å²) in [5.41, 5.74) is 0.194. The Kier molecular flexibility index (Phi) is 6.38. The molecule has 0 saturated heterocycles. The largest absolute Gasteiger partial charge is 0.497 e. The Morgan fingerprint density at radius 1 is 1.11 bits per heavy atom. The minimum atomic E-state index is -4.61. The number of alkyl halides is 3. The fraction of sp³-hybridized carbons (Fsp3) is 0.211. The first kappa shape index (κ1) is 20.6. The average molecular weight is 400 g/mol. The van der Waals surface area contributed by atoms with E-state index in [4.69, 9.17) is 21.1 Å². The van der Waals surface area contributed by atoms with Gasteiger partial charge in [-0.25, -0.2) is 0 Å². The third kappa shape index (κ3) is 5.17. The topological polar surface area (TPSA) is 47.6 Å². The minimum absolute atomic E-state index is 0.0116. The Bertz CT molecular complexity index is 879. The Labute approximate surface area is 159 Å². The van der Waals surface area contributed by atoms with Gasteiger partial charge in [-0.3, -0.25) is 4.79 Å². The van der Waals surface area contributed by atoms with Crippen LogP contribution in [0, 0.1) is 0 Å². The zero-order valence-electron chi connectivity index (χ0n) is 14.8. The molecule has 4 nitrogen and oxygen atoms in total. The van der Waals surface area contributed by atoms with Crippen LogP contribution in [0.5, 0.6) is 11.5 Å². The lowest BCUT2D eigenvalue weighted by Gasteiger charge is -2.12. The average Bonchev–Trinajstić information content (AvgIpc) is 2.61. The van der Waals surface area contributed by atoms with Crippen molar-refractivity contribution in [2.45, 2.75) is 13.1 Å². The smallest absolute Gasteiger partial charge is 0.417 e. The van der Waals surface area contributed by atoms with Gasteiger partial charge in [0.15, 0.2) is 0 Å². The summed E-state index contributed by atoms with van der Waals surface area (Å²) in [7, 11) is 3.00. The second-order valence-corrected chi connectivity index (χ2v) is 5.98. The van der Waals surface area contributed by atoms with Gasteiger partial charge in [0.1, 0.15) is 11.5 Å². The van der Waals surface area contributed by atoms with Gasteiger partial charge in [0, 0.05) is 23.4 Å². The minimum Gasteiger partial charge on any atom is -0.497 e. The van der Waals surface area contributed by atoms with Crippen molar-refractivity contribution in [1.29, 1.82) is 0 Å². The highest BCUT2D eigenvalue weighted by molar-refractivity contribution is 6.31. The van der Waals surface area contributed by atoms with Crippen LogP contribution in [-0.4, -0.2) is 20.1 Å². The molecule has 0 aliphatic heterocycles. The van der Waals surface area contributed by atoms with Crippen LogP contribution in [0.15, 0.2) is 42.5 Å². The van der Waals surface area contributed by atoms with Gasteiger partial charge in [-0.2, -0.15) is 13.2 Å². The lowest BCUT2D eigenvalue weighted by atomic mass is 10.1. The van der Waals surface area contributed by atoms with Crippen LogP contribution >= 0.6 is 11.6 Å². The number of amides is 1. The van der Waals surface area contributed by atoms with Gasteiger partial charge >= 0.3 is 6.18 Å². The molecule has 0 saturated carbocycles. The Morgan fingerprint density at radius 2 is 1.81 bits per heavy atom. The number of ether oxygens (including phenoxy) is 2. The number of carbonyl (C=O) groups excluding carboxylic acids is 1. The van der Waals surface area contributed by atoms with Gasteiger partial charge in [0.25, 0.3) is 0 Å². The third-order valence-corrected chi connectivity index (χ3v) is 4.05. The van der Waals surface area contributed by atoms with E-state index in [0.29, 0.717) is 22.6 Å². The molecule has 0 spiro atoms. The van der Waals surface area contributed by atoms with E-state index in [9.17, 15) is 18.0 Å². The van der Waals surface area contributed by atoms with Crippen molar-refractivity contribution < 1.29 is 27.4 Å². The van der Waals surface area contributed by atoms with Gasteiger partial charge in [-0.1, -0.05) is 11.6 Å². The predicted molar refractivity (Wildman–Crippen MR) is 98.3 cm³/mol. The Morgan fingerprint density at radius 3 is 2.41 bits per heavy atom. The monoisotopic (exact) mass is 399 g/mol. The lowest BCUT2D eigenvalue weighted by molar-refractivity contribution is -0.137. The molecule has 27 heavy (non-hydrogen) atoms. The van der Waals surface area contributed by atoms with E-state index in [-0.39, 0.29) is 5.69 Å². The SMILES string of the molecule is COc1ccc(/C(C)=C/C(=O)Nc2ccc(Cl)c(C(F)(F)F)c2)c(OC)c1. The van der Waals surface area contributed by atoms with Crippen LogP contribution in [0.2, 0.25) is 5.02 Å². The first-order chi connectivity index (χ1) is 12.7. The molecular weight excluding hydrogens is 383 g/mol. The number of nitrogens with one attached hydrogen (secondary N) is 1. The first-order valence-electron chi connectivity index (χ1n) is 7.74. The highest BCUT2D eigenvalue weighted by atomic mass is 35.5. The number of hydrogen-bond donors (Lipinski definition) is 1. The van der Waals surface area contributed by atoms with Crippen molar-refractivity contribution in [3.05, 3.63) is 58.6 Å². The molecule has 2 aromatic rings. The quantitative estimate of drug-likeness (QED) is 0.683. The molecule has 0 atom stereocenters. The second kappa shape index (κ2) is 8.35. The van der Waals surface area contributed by atoms with Gasteiger partial charge in [-0.15, -0.1) is 0 Å². The molecule has 144 valence electrons. The van der Waals surface area contributed by atoms with Crippen molar-refractivity contribution in [2.24, 2.45) is 0 Å². The number of benzene rings is 2. The molecule has 0 unspecified atom stereocenters. The van der Waals surface area contributed by atoms with Crippen LogP contribution in [-0.2, 0) is 11.0 Å². The van der Waals surface area contributed by atoms with Gasteiger partial charge in [-0.05, 0) is 42.8 Å². The maximum Gasteiger partial charge on any atom is 0.417 e. The van der Waals surface area contributed by atoms with Crippen LogP contribution in [0.25, 0.3) is 5.57 Å². The maximum absolute atomic E-state index is 12.9. The fourth-order valence-electron chi connectivity index (χ4n) is 2.40. The summed E-state index contributed by atoms with van der Waals surface area (Å²) in [6.07, 6.45) is -3.34. The van der Waals surface area contributed by atoms with E-state index < -0.39 is 22.7 Å². The van der Waals surface area contributed by atoms with Crippen molar-refractivity contribution in [1.82, 2.24) is 0 Å². The van der Waals surface area contributed by atoms with E-state index in [1.807, 2.05) is 0 Å². The summed E-state index contributed by atoms with van der Waals surface area (Å²) in [4.78, 5) is 12.2. The zero-order chi connectivity index (χ0) is 20.2. The second-order valence-electron chi connectivity index (χ2n) is 5.58. The van der Waals surface area contributed by atoms with E-state index in [1.165, 1.54) is 26.4 Å². The molecular formula is C19H17ClF3NO3. The molecule has 0 heterocycles. The van der Waals surface area contributed by atoms with Crippen LogP contribution in [0.3, 0.4) is 0 Å². The molecule has 0 bridgehead atoms. The number of anilines is 1.